The molecule has 0 spiro atoms. The van der Waals surface area contributed by atoms with Crippen molar-refractivity contribution in [3.05, 3.63) is 132 Å². The highest BCUT2D eigenvalue weighted by molar-refractivity contribution is 5.94. The molecular formula is C31H26N4O4. The first-order valence-electron chi connectivity index (χ1n) is 12.6. The number of carbonyl (C=O) groups excluding carboxylic acids is 1. The predicted octanol–water partition coefficient (Wildman–Crippen LogP) is 5.42. The van der Waals surface area contributed by atoms with Crippen LogP contribution in [0.1, 0.15) is 27.2 Å². The van der Waals surface area contributed by atoms with Crippen molar-refractivity contribution in [3.8, 4) is 22.9 Å². The average molecular weight is 519 g/mol. The summed E-state index contributed by atoms with van der Waals surface area (Å²) in [6.45, 7) is 1.41. The van der Waals surface area contributed by atoms with Gasteiger partial charge in [0.05, 0.1) is 18.6 Å². The molecule has 0 fully saturated rings. The maximum Gasteiger partial charge on any atom is 0.254 e. The molecule has 39 heavy (non-hydrogen) atoms. The van der Waals surface area contributed by atoms with Gasteiger partial charge in [0, 0.05) is 36.4 Å². The molecule has 3 aromatic carbocycles. The fourth-order valence-corrected chi connectivity index (χ4v) is 4.41. The number of carbonyl (C=O) groups is 1. The van der Waals surface area contributed by atoms with E-state index < -0.39 is 0 Å². The van der Waals surface area contributed by atoms with Crippen LogP contribution in [-0.2, 0) is 19.7 Å². The molecule has 5 aromatic rings. The van der Waals surface area contributed by atoms with Crippen LogP contribution in [0, 0.1) is 0 Å². The number of imidazole rings is 1. The summed E-state index contributed by atoms with van der Waals surface area (Å²) in [4.78, 5) is 24.0. The number of hydrogen-bond acceptors (Lipinski definition) is 6. The van der Waals surface area contributed by atoms with Gasteiger partial charge in [0.1, 0.15) is 12.4 Å². The summed E-state index contributed by atoms with van der Waals surface area (Å²) in [6.07, 6.45) is 7.06. The average Bonchev–Trinajstić information content (AvgIpc) is 3.69. The highest BCUT2D eigenvalue weighted by Gasteiger charge is 2.18. The van der Waals surface area contributed by atoms with Crippen LogP contribution in [0.5, 0.6) is 17.2 Å². The molecule has 194 valence electrons. The molecule has 1 aliphatic rings. The lowest BCUT2D eigenvalue weighted by atomic mass is 10.1. The van der Waals surface area contributed by atoms with Crippen LogP contribution < -0.4 is 14.2 Å². The van der Waals surface area contributed by atoms with Crippen LogP contribution >= 0.6 is 0 Å². The van der Waals surface area contributed by atoms with E-state index in [-0.39, 0.29) is 12.7 Å². The van der Waals surface area contributed by atoms with Crippen LogP contribution in [0.3, 0.4) is 0 Å². The Labute approximate surface area is 226 Å². The van der Waals surface area contributed by atoms with Gasteiger partial charge in [-0.2, -0.15) is 0 Å². The number of benzene rings is 3. The van der Waals surface area contributed by atoms with Crippen LogP contribution in [0.4, 0.5) is 0 Å². The van der Waals surface area contributed by atoms with Crippen LogP contribution in [0.15, 0.2) is 110 Å². The number of nitrogens with zero attached hydrogens (tertiary/aromatic N) is 4. The molecule has 0 saturated carbocycles. The molecular weight excluding hydrogens is 492 g/mol. The van der Waals surface area contributed by atoms with E-state index in [2.05, 4.69) is 9.97 Å². The van der Waals surface area contributed by atoms with Gasteiger partial charge in [-0.3, -0.25) is 9.78 Å². The van der Waals surface area contributed by atoms with Crippen LogP contribution in [0.2, 0.25) is 0 Å². The zero-order chi connectivity index (χ0) is 26.4. The predicted molar refractivity (Wildman–Crippen MR) is 145 cm³/mol. The SMILES string of the molecule is O=C(c1ccc(-n2ccnc2)cc1)N(Cc1cccc(OCc2ccc3c(c2)OCO3)c1)Cc1ccccn1. The second-order valence-electron chi connectivity index (χ2n) is 9.12. The van der Waals surface area contributed by atoms with Crippen molar-refractivity contribution < 1.29 is 19.0 Å². The van der Waals surface area contributed by atoms with Gasteiger partial charge < -0.3 is 23.7 Å². The third kappa shape index (κ3) is 5.75. The Balaban J connectivity index is 1.18. The number of aromatic nitrogens is 3. The first kappa shape index (κ1) is 24.2. The van der Waals surface area contributed by atoms with Gasteiger partial charge in [-0.05, 0) is 71.8 Å². The number of ether oxygens (including phenoxy) is 3. The molecule has 0 N–H and O–H groups in total. The first-order valence-corrected chi connectivity index (χ1v) is 12.6. The lowest BCUT2D eigenvalue weighted by Gasteiger charge is -2.23. The molecule has 0 atom stereocenters. The Morgan fingerprint density at radius 2 is 1.77 bits per heavy atom. The van der Waals surface area contributed by atoms with Crippen LogP contribution in [-0.4, -0.2) is 32.1 Å². The van der Waals surface area contributed by atoms with E-state index in [0.29, 0.717) is 25.3 Å². The summed E-state index contributed by atoms with van der Waals surface area (Å²) in [6, 6.07) is 26.8. The fraction of sp³-hybridized carbons (Fsp3) is 0.129. The summed E-state index contributed by atoms with van der Waals surface area (Å²) >= 11 is 0. The maximum absolute atomic E-state index is 13.7. The van der Waals surface area contributed by atoms with Crippen LogP contribution in [0.25, 0.3) is 5.69 Å². The number of pyridine rings is 1. The van der Waals surface area contributed by atoms with Crippen molar-refractivity contribution in [2.75, 3.05) is 6.79 Å². The smallest absolute Gasteiger partial charge is 0.254 e. The molecule has 0 radical (unpaired) electrons. The minimum atomic E-state index is -0.0792. The zero-order valence-corrected chi connectivity index (χ0v) is 21.1. The molecule has 0 aliphatic carbocycles. The monoisotopic (exact) mass is 518 g/mol. The van der Waals surface area contributed by atoms with Gasteiger partial charge in [-0.25, -0.2) is 4.98 Å². The standard InChI is InChI=1S/C31H26N4O4/c36-31(25-8-10-27(11-9-25)34-15-14-32-21-34)35(19-26-5-1-2-13-33-26)18-23-4-3-6-28(16-23)37-20-24-7-12-29-30(17-24)39-22-38-29/h1-17,21H,18-20,22H2. The molecule has 6 rings (SSSR count). The Hall–Kier alpha value is -5.11. The normalized spacial score (nSPS) is 11.8. The van der Waals surface area contributed by atoms with E-state index in [1.54, 1.807) is 23.6 Å². The van der Waals surface area contributed by atoms with Crippen molar-refractivity contribution in [3.63, 3.8) is 0 Å². The lowest BCUT2D eigenvalue weighted by molar-refractivity contribution is 0.0727. The quantitative estimate of drug-likeness (QED) is 0.259. The number of hydrogen-bond donors (Lipinski definition) is 0. The molecule has 8 heteroatoms. The van der Waals surface area contributed by atoms with Crippen molar-refractivity contribution in [2.24, 2.45) is 0 Å². The summed E-state index contributed by atoms with van der Waals surface area (Å²) in [7, 11) is 0. The van der Waals surface area contributed by atoms with E-state index in [0.717, 1.165) is 39.8 Å². The minimum absolute atomic E-state index is 0.0792. The van der Waals surface area contributed by atoms with Crippen molar-refractivity contribution in [1.82, 2.24) is 19.4 Å². The molecule has 0 unspecified atom stereocenters. The highest BCUT2D eigenvalue weighted by atomic mass is 16.7. The Morgan fingerprint density at radius 1 is 0.872 bits per heavy atom. The van der Waals surface area contributed by atoms with Gasteiger partial charge in [0.2, 0.25) is 6.79 Å². The second kappa shape index (κ2) is 11.1. The summed E-state index contributed by atoms with van der Waals surface area (Å²) in [5.41, 5.74) is 4.29. The summed E-state index contributed by atoms with van der Waals surface area (Å²) < 4.78 is 18.8. The van der Waals surface area contributed by atoms with Crippen molar-refractivity contribution in [1.29, 1.82) is 0 Å². The lowest BCUT2D eigenvalue weighted by Crippen LogP contribution is -2.30. The van der Waals surface area contributed by atoms with Gasteiger partial charge in [-0.15, -0.1) is 0 Å². The minimum Gasteiger partial charge on any atom is -0.489 e. The van der Waals surface area contributed by atoms with Gasteiger partial charge >= 0.3 is 0 Å². The number of rotatable bonds is 9. The molecule has 1 aliphatic heterocycles. The zero-order valence-electron chi connectivity index (χ0n) is 21.1. The summed E-state index contributed by atoms with van der Waals surface area (Å²) in [5, 5.41) is 0. The van der Waals surface area contributed by atoms with Gasteiger partial charge in [0.25, 0.3) is 5.91 Å². The van der Waals surface area contributed by atoms with Gasteiger partial charge in [-0.1, -0.05) is 24.3 Å². The molecule has 0 saturated heterocycles. The summed E-state index contributed by atoms with van der Waals surface area (Å²) in [5.74, 6) is 2.12. The molecule has 1 amide bonds. The maximum atomic E-state index is 13.7. The fourth-order valence-electron chi connectivity index (χ4n) is 4.41. The molecule has 0 bridgehead atoms. The highest BCUT2D eigenvalue weighted by Crippen LogP contribution is 2.32. The van der Waals surface area contributed by atoms with E-state index in [4.69, 9.17) is 14.2 Å². The Morgan fingerprint density at radius 3 is 2.59 bits per heavy atom. The number of amides is 1. The topological polar surface area (TPSA) is 78.7 Å². The van der Waals surface area contributed by atoms with E-state index >= 15 is 0 Å². The molecule has 2 aromatic heterocycles. The Kier molecular flexibility index (Phi) is 6.90. The van der Waals surface area contributed by atoms with E-state index in [1.165, 1.54) is 0 Å². The molecule has 3 heterocycles. The third-order valence-electron chi connectivity index (χ3n) is 6.40. The van der Waals surface area contributed by atoms with E-state index in [1.807, 2.05) is 95.7 Å². The van der Waals surface area contributed by atoms with Gasteiger partial charge in [0.15, 0.2) is 11.5 Å². The third-order valence-corrected chi connectivity index (χ3v) is 6.40. The first-order chi connectivity index (χ1) is 19.2. The largest absolute Gasteiger partial charge is 0.489 e. The second-order valence-corrected chi connectivity index (χ2v) is 9.12. The van der Waals surface area contributed by atoms with Crippen molar-refractivity contribution in [2.45, 2.75) is 19.7 Å². The van der Waals surface area contributed by atoms with E-state index in [9.17, 15) is 4.79 Å². The number of fused-ring (bicyclic) bond motifs is 1. The van der Waals surface area contributed by atoms with Crippen molar-refractivity contribution >= 4 is 5.91 Å². The molecule has 8 nitrogen and oxygen atoms in total. The Bertz CT molecular complexity index is 1550.